The normalized spacial score (nSPS) is 20.3. The number of hydrogen-bond donors (Lipinski definition) is 2. The van der Waals surface area contributed by atoms with Crippen molar-refractivity contribution in [2.24, 2.45) is 5.92 Å². The van der Waals surface area contributed by atoms with Crippen molar-refractivity contribution in [2.75, 3.05) is 19.5 Å². The standard InChI is InChI=1S/C21H26ClN6O4P.C4H10O/c1-13-8-16(31-20(13)28-12-26-17-18(23)24-11-25-19(17)28)9-30-33(27-21(2,3)10-29)32-15-6-4-14(22)5-7-15;1-4(2)5-3/h4-7,10-13,16,20,27H,8-9H2,1-3H3,(H2,23,24,25);4H,1-3H3. The summed E-state index contributed by atoms with van der Waals surface area (Å²) in [6.07, 6.45) is 4.62. The summed E-state index contributed by atoms with van der Waals surface area (Å²) in [5.74, 6) is 1.11. The molecule has 1 aliphatic heterocycles. The van der Waals surface area contributed by atoms with E-state index in [1.165, 1.54) is 6.33 Å². The van der Waals surface area contributed by atoms with Gasteiger partial charge in [0.2, 0.25) is 0 Å². The molecule has 0 saturated carbocycles. The Bertz CT molecular complexity index is 1180. The highest BCUT2D eigenvalue weighted by atomic mass is 35.5. The predicted molar refractivity (Wildman–Crippen MR) is 148 cm³/mol. The average molecular weight is 567 g/mol. The van der Waals surface area contributed by atoms with Crippen LogP contribution >= 0.6 is 20.1 Å². The van der Waals surface area contributed by atoms with Crippen molar-refractivity contribution in [1.29, 1.82) is 0 Å². The van der Waals surface area contributed by atoms with E-state index in [-0.39, 0.29) is 24.9 Å². The van der Waals surface area contributed by atoms with Gasteiger partial charge in [0.25, 0.3) is 0 Å². The number of carbonyl (C=O) groups excluding carboxylic acids is 1. The number of rotatable bonds is 10. The highest BCUT2D eigenvalue weighted by Crippen LogP contribution is 2.41. The van der Waals surface area contributed by atoms with Crippen LogP contribution in [0.2, 0.25) is 5.02 Å². The van der Waals surface area contributed by atoms with Crippen LogP contribution in [-0.4, -0.2) is 57.3 Å². The molecule has 208 valence electrons. The number of benzene rings is 1. The van der Waals surface area contributed by atoms with E-state index in [4.69, 9.17) is 35.9 Å². The summed E-state index contributed by atoms with van der Waals surface area (Å²) >= 11 is 5.96. The Kier molecular flexibility index (Phi) is 10.8. The topological polar surface area (TPSA) is 136 Å². The van der Waals surface area contributed by atoms with Crippen molar-refractivity contribution in [3.63, 3.8) is 0 Å². The second-order valence-electron chi connectivity index (χ2n) is 9.78. The van der Waals surface area contributed by atoms with Gasteiger partial charge < -0.3 is 29.0 Å². The van der Waals surface area contributed by atoms with Crippen molar-refractivity contribution in [1.82, 2.24) is 24.6 Å². The summed E-state index contributed by atoms with van der Waals surface area (Å²) < 4.78 is 24.9. The monoisotopic (exact) mass is 566 g/mol. The van der Waals surface area contributed by atoms with Crippen LogP contribution in [-0.2, 0) is 18.8 Å². The number of carbonyl (C=O) groups is 1. The highest BCUT2D eigenvalue weighted by molar-refractivity contribution is 7.45. The summed E-state index contributed by atoms with van der Waals surface area (Å²) in [7, 11) is 0.0757. The molecule has 3 heterocycles. The molecule has 0 radical (unpaired) electrons. The molecule has 1 saturated heterocycles. The smallest absolute Gasteiger partial charge is 0.319 e. The summed E-state index contributed by atoms with van der Waals surface area (Å²) in [5, 5.41) is 3.73. The first-order valence-corrected chi connectivity index (χ1v) is 13.8. The van der Waals surface area contributed by atoms with Gasteiger partial charge in [0.15, 0.2) is 11.5 Å². The molecule has 4 rings (SSSR count). The number of halogens is 1. The van der Waals surface area contributed by atoms with Gasteiger partial charge in [0.05, 0.1) is 30.7 Å². The van der Waals surface area contributed by atoms with Crippen LogP contribution in [0.25, 0.3) is 11.2 Å². The van der Waals surface area contributed by atoms with Gasteiger partial charge >= 0.3 is 8.53 Å². The van der Waals surface area contributed by atoms with E-state index in [1.54, 1.807) is 51.6 Å². The maximum Gasteiger partial charge on any atom is 0.319 e. The molecule has 3 N–H and O–H groups in total. The Hall–Kier alpha value is -2.40. The number of aldehydes is 1. The van der Waals surface area contributed by atoms with E-state index in [1.807, 2.05) is 18.4 Å². The zero-order chi connectivity index (χ0) is 27.9. The van der Waals surface area contributed by atoms with E-state index in [0.29, 0.717) is 33.9 Å². The summed E-state index contributed by atoms with van der Waals surface area (Å²) in [4.78, 5) is 24.1. The Labute approximate surface area is 229 Å². The number of methoxy groups -OCH3 is 1. The fraction of sp³-hybridized carbons (Fsp3) is 0.520. The lowest BCUT2D eigenvalue weighted by atomic mass is 10.1. The van der Waals surface area contributed by atoms with Crippen molar-refractivity contribution < 1.29 is 23.3 Å². The highest BCUT2D eigenvalue weighted by Gasteiger charge is 2.36. The lowest BCUT2D eigenvalue weighted by molar-refractivity contribution is -0.111. The van der Waals surface area contributed by atoms with Crippen LogP contribution < -0.4 is 15.3 Å². The second-order valence-corrected chi connectivity index (χ2v) is 11.4. The molecule has 0 aliphatic carbocycles. The zero-order valence-electron chi connectivity index (χ0n) is 22.5. The van der Waals surface area contributed by atoms with Gasteiger partial charge in [0, 0.05) is 18.1 Å². The number of nitrogen functional groups attached to an aromatic ring is 1. The van der Waals surface area contributed by atoms with Crippen LogP contribution in [0.15, 0.2) is 36.9 Å². The number of aromatic nitrogens is 4. The third kappa shape index (κ3) is 8.30. The first kappa shape index (κ1) is 30.1. The van der Waals surface area contributed by atoms with Gasteiger partial charge in [-0.2, -0.15) is 0 Å². The van der Waals surface area contributed by atoms with Crippen molar-refractivity contribution in [3.05, 3.63) is 41.9 Å². The van der Waals surface area contributed by atoms with E-state index < -0.39 is 14.1 Å². The quantitative estimate of drug-likeness (QED) is 0.257. The molecule has 1 aromatic carbocycles. The summed E-state index contributed by atoms with van der Waals surface area (Å²) in [6.45, 7) is 9.89. The van der Waals surface area contributed by atoms with E-state index >= 15 is 0 Å². The van der Waals surface area contributed by atoms with Gasteiger partial charge in [-0.1, -0.05) is 18.5 Å². The molecule has 0 bridgehead atoms. The number of ether oxygens (including phenoxy) is 2. The molecule has 0 spiro atoms. The minimum absolute atomic E-state index is 0.179. The van der Waals surface area contributed by atoms with Crippen LogP contribution in [0, 0.1) is 5.92 Å². The molecule has 4 unspecified atom stereocenters. The maximum atomic E-state index is 11.4. The third-order valence-electron chi connectivity index (χ3n) is 5.64. The van der Waals surface area contributed by atoms with Crippen LogP contribution in [0.5, 0.6) is 5.75 Å². The molecule has 2 aromatic heterocycles. The lowest BCUT2D eigenvalue weighted by Crippen LogP contribution is -2.38. The van der Waals surface area contributed by atoms with E-state index in [0.717, 1.165) is 12.7 Å². The Morgan fingerprint density at radius 3 is 2.61 bits per heavy atom. The Morgan fingerprint density at radius 2 is 1.97 bits per heavy atom. The van der Waals surface area contributed by atoms with Gasteiger partial charge in [-0.25, -0.2) is 20.0 Å². The zero-order valence-corrected chi connectivity index (χ0v) is 24.1. The third-order valence-corrected chi connectivity index (χ3v) is 7.41. The number of nitrogens with two attached hydrogens (primary N) is 1. The summed E-state index contributed by atoms with van der Waals surface area (Å²) in [5.41, 5.74) is 6.26. The number of nitrogens with zero attached hydrogens (tertiary/aromatic N) is 4. The van der Waals surface area contributed by atoms with Crippen molar-refractivity contribution in [3.8, 4) is 5.75 Å². The largest absolute Gasteiger partial charge is 0.436 e. The van der Waals surface area contributed by atoms with Crippen molar-refractivity contribution >= 4 is 43.4 Å². The molecule has 4 atom stereocenters. The van der Waals surface area contributed by atoms with E-state index in [2.05, 4.69) is 27.0 Å². The molecular formula is C25H36ClN6O5P. The van der Waals surface area contributed by atoms with Gasteiger partial charge in [-0.05, 0) is 58.4 Å². The fourth-order valence-electron chi connectivity index (χ4n) is 3.51. The van der Waals surface area contributed by atoms with Gasteiger partial charge in [0.1, 0.15) is 30.1 Å². The minimum atomic E-state index is -1.62. The van der Waals surface area contributed by atoms with Crippen LogP contribution in [0.3, 0.4) is 0 Å². The van der Waals surface area contributed by atoms with Crippen LogP contribution in [0.1, 0.15) is 47.3 Å². The molecule has 13 heteroatoms. The molecule has 3 aromatic rings. The van der Waals surface area contributed by atoms with Gasteiger partial charge in [-0.15, -0.1) is 0 Å². The predicted octanol–water partition coefficient (Wildman–Crippen LogP) is 4.92. The minimum Gasteiger partial charge on any atom is -0.436 e. The molecule has 0 amide bonds. The average Bonchev–Trinajstić information content (AvgIpc) is 3.48. The SMILES string of the molecule is CC1CC(COP(NC(C)(C)C=O)Oc2ccc(Cl)cc2)OC1n1cnc2c(N)ncnc21.COC(C)C. The number of nitrogens with one attached hydrogen (secondary N) is 1. The Balaban J connectivity index is 0.000000732. The summed E-state index contributed by atoms with van der Waals surface area (Å²) in [6, 6.07) is 6.96. The molecular weight excluding hydrogens is 531 g/mol. The first-order chi connectivity index (χ1) is 18.0. The van der Waals surface area contributed by atoms with Crippen molar-refractivity contribution in [2.45, 2.75) is 65.0 Å². The molecule has 1 fully saturated rings. The lowest BCUT2D eigenvalue weighted by Gasteiger charge is -2.26. The van der Waals surface area contributed by atoms with Crippen LogP contribution in [0.4, 0.5) is 5.82 Å². The maximum absolute atomic E-state index is 11.4. The van der Waals surface area contributed by atoms with E-state index in [9.17, 15) is 4.79 Å². The number of imidazole rings is 1. The first-order valence-electron chi connectivity index (χ1n) is 12.2. The number of fused-ring (bicyclic) bond motifs is 1. The fourth-order valence-corrected chi connectivity index (χ4v) is 4.93. The number of anilines is 1. The van der Waals surface area contributed by atoms with Gasteiger partial charge in [-0.3, -0.25) is 4.57 Å². The second kappa shape index (κ2) is 13.6. The Morgan fingerprint density at radius 1 is 1.29 bits per heavy atom. The molecule has 1 aliphatic rings. The molecule has 11 nitrogen and oxygen atoms in total. The molecule has 38 heavy (non-hydrogen) atoms. The number of hydrogen-bond acceptors (Lipinski definition) is 10.